The fourth-order valence-corrected chi connectivity index (χ4v) is 8.10. The average molecular weight is 846 g/mol. The summed E-state index contributed by atoms with van der Waals surface area (Å²) in [6.07, 6.45) is 58.7. The quantitative estimate of drug-likeness (QED) is 0.0322. The second-order valence-electron chi connectivity index (χ2n) is 18.2. The van der Waals surface area contributed by atoms with Crippen molar-refractivity contribution in [3.63, 3.8) is 0 Å². The Kier molecular flexibility index (Phi) is 48.6. The Balaban J connectivity index is 3.53. The van der Waals surface area contributed by atoms with Gasteiger partial charge in [-0.3, -0.25) is 9.59 Å². The number of unbranched alkanes of at least 4 members (excludes halogenated alkanes) is 34. The molecule has 0 aromatic rings. The second-order valence-corrected chi connectivity index (χ2v) is 18.2. The van der Waals surface area contributed by atoms with E-state index in [1.165, 1.54) is 173 Å². The molecule has 0 rings (SSSR count). The first-order valence-electron chi connectivity index (χ1n) is 26.6. The lowest BCUT2D eigenvalue weighted by molar-refractivity contribution is -0.143. The standard InChI is InChI=1S/C54H103NO5/c1-3-5-7-9-11-13-15-17-18-19-20-21-22-23-25-26-30-34-38-42-46-52(57)51(50-56)55-53(58)47-43-39-35-31-28-29-33-37-41-45-49-60-54(59)48-44-40-36-32-27-24-16-14-12-10-8-6-4-2/h14,16,29,33,51-52,56-57H,3-13,15,17-28,30-32,34-50H2,1-2H3,(H,55,58)/b16-14-,33-29-. The maximum atomic E-state index is 12.5. The summed E-state index contributed by atoms with van der Waals surface area (Å²) < 4.78 is 5.42. The number of rotatable bonds is 49. The lowest BCUT2D eigenvalue weighted by Gasteiger charge is -2.22. The fraction of sp³-hybridized carbons (Fsp3) is 0.889. The first-order valence-corrected chi connectivity index (χ1v) is 26.6. The van der Waals surface area contributed by atoms with Crippen LogP contribution in [0.4, 0.5) is 0 Å². The van der Waals surface area contributed by atoms with Crippen LogP contribution in [0.25, 0.3) is 0 Å². The van der Waals surface area contributed by atoms with Gasteiger partial charge in [-0.1, -0.05) is 218 Å². The van der Waals surface area contributed by atoms with Crippen molar-refractivity contribution in [1.82, 2.24) is 5.32 Å². The number of carbonyl (C=O) groups excluding carboxylic acids is 2. The van der Waals surface area contributed by atoms with Gasteiger partial charge in [-0.05, 0) is 77.0 Å². The van der Waals surface area contributed by atoms with Crippen LogP contribution in [-0.2, 0) is 14.3 Å². The summed E-state index contributed by atoms with van der Waals surface area (Å²) in [5.41, 5.74) is 0. The summed E-state index contributed by atoms with van der Waals surface area (Å²) in [4.78, 5) is 24.5. The number of aliphatic hydroxyl groups is 2. The highest BCUT2D eigenvalue weighted by Gasteiger charge is 2.20. The summed E-state index contributed by atoms with van der Waals surface area (Å²) in [5, 5.41) is 23.3. The lowest BCUT2D eigenvalue weighted by atomic mass is 10.0. The van der Waals surface area contributed by atoms with E-state index >= 15 is 0 Å². The van der Waals surface area contributed by atoms with Crippen molar-refractivity contribution in [3.8, 4) is 0 Å². The van der Waals surface area contributed by atoms with E-state index in [9.17, 15) is 19.8 Å². The first kappa shape index (κ1) is 58.3. The number of carbonyl (C=O) groups is 2. The molecule has 0 spiro atoms. The Hall–Kier alpha value is -1.66. The van der Waals surface area contributed by atoms with E-state index in [4.69, 9.17) is 4.74 Å². The van der Waals surface area contributed by atoms with Crippen LogP contribution in [0, 0.1) is 0 Å². The van der Waals surface area contributed by atoms with Gasteiger partial charge in [0.1, 0.15) is 0 Å². The first-order chi connectivity index (χ1) is 29.5. The Bertz CT molecular complexity index is 935. The van der Waals surface area contributed by atoms with Crippen molar-refractivity contribution < 1.29 is 24.5 Å². The monoisotopic (exact) mass is 846 g/mol. The zero-order chi connectivity index (χ0) is 43.7. The lowest BCUT2D eigenvalue weighted by Crippen LogP contribution is -2.45. The van der Waals surface area contributed by atoms with E-state index in [2.05, 4.69) is 43.5 Å². The van der Waals surface area contributed by atoms with Crippen molar-refractivity contribution in [2.24, 2.45) is 0 Å². The molecule has 0 aliphatic carbocycles. The minimum Gasteiger partial charge on any atom is -0.466 e. The SMILES string of the molecule is CCCCCC/C=C\CCCCCCCC(=O)OCCCC/C=C\CCCCCCC(=O)NC(CO)C(O)CCCCCCCCCCCCCCCCCCCCCC. The molecule has 0 aromatic heterocycles. The van der Waals surface area contributed by atoms with Gasteiger partial charge in [-0.15, -0.1) is 0 Å². The van der Waals surface area contributed by atoms with E-state index in [0.717, 1.165) is 77.0 Å². The Morgan fingerprint density at radius 2 is 0.783 bits per heavy atom. The van der Waals surface area contributed by atoms with Gasteiger partial charge in [0.25, 0.3) is 0 Å². The summed E-state index contributed by atoms with van der Waals surface area (Å²) in [6, 6.07) is -0.567. The molecule has 0 heterocycles. The number of amides is 1. The molecule has 354 valence electrons. The Morgan fingerprint density at radius 1 is 0.450 bits per heavy atom. The van der Waals surface area contributed by atoms with Gasteiger partial charge in [0.05, 0.1) is 25.4 Å². The Labute approximate surface area is 373 Å². The van der Waals surface area contributed by atoms with Crippen LogP contribution >= 0.6 is 0 Å². The minimum atomic E-state index is -0.687. The number of ether oxygens (including phenoxy) is 1. The molecule has 0 aliphatic rings. The van der Waals surface area contributed by atoms with Crippen molar-refractivity contribution in [2.75, 3.05) is 13.2 Å². The molecule has 1 amide bonds. The molecule has 2 unspecified atom stereocenters. The maximum absolute atomic E-state index is 12.5. The van der Waals surface area contributed by atoms with Gasteiger partial charge in [-0.2, -0.15) is 0 Å². The van der Waals surface area contributed by atoms with Gasteiger partial charge in [0, 0.05) is 12.8 Å². The summed E-state index contributed by atoms with van der Waals surface area (Å²) in [6.45, 7) is 4.85. The van der Waals surface area contributed by atoms with Crippen LogP contribution in [0.3, 0.4) is 0 Å². The van der Waals surface area contributed by atoms with Crippen LogP contribution in [0.2, 0.25) is 0 Å². The van der Waals surface area contributed by atoms with Crippen LogP contribution in [0.1, 0.15) is 284 Å². The van der Waals surface area contributed by atoms with E-state index < -0.39 is 12.1 Å². The number of hydrogen-bond acceptors (Lipinski definition) is 5. The average Bonchev–Trinajstić information content (AvgIpc) is 3.25. The zero-order valence-corrected chi connectivity index (χ0v) is 40.2. The summed E-state index contributed by atoms with van der Waals surface area (Å²) in [7, 11) is 0. The van der Waals surface area contributed by atoms with E-state index in [-0.39, 0.29) is 18.5 Å². The predicted molar refractivity (Wildman–Crippen MR) is 260 cm³/mol. The summed E-state index contributed by atoms with van der Waals surface area (Å²) >= 11 is 0. The molecule has 0 aliphatic heterocycles. The third kappa shape index (κ3) is 45.9. The fourth-order valence-electron chi connectivity index (χ4n) is 8.10. The van der Waals surface area contributed by atoms with Crippen LogP contribution in [0.5, 0.6) is 0 Å². The molecule has 0 aromatic carbocycles. The molecule has 6 heteroatoms. The molecule has 0 fully saturated rings. The molecule has 2 atom stereocenters. The predicted octanol–water partition coefficient (Wildman–Crippen LogP) is 15.9. The van der Waals surface area contributed by atoms with Crippen molar-refractivity contribution in [1.29, 1.82) is 0 Å². The Morgan fingerprint density at radius 3 is 1.20 bits per heavy atom. The highest BCUT2D eigenvalue weighted by Crippen LogP contribution is 2.17. The van der Waals surface area contributed by atoms with Crippen molar-refractivity contribution >= 4 is 11.9 Å². The third-order valence-corrected chi connectivity index (χ3v) is 12.2. The number of hydrogen-bond donors (Lipinski definition) is 3. The number of esters is 1. The second kappa shape index (κ2) is 50.0. The molecular formula is C54H103NO5. The van der Waals surface area contributed by atoms with Crippen LogP contribution in [-0.4, -0.2) is 47.4 Å². The third-order valence-electron chi connectivity index (χ3n) is 12.2. The molecule has 3 N–H and O–H groups in total. The normalized spacial score (nSPS) is 12.8. The highest BCUT2D eigenvalue weighted by atomic mass is 16.5. The highest BCUT2D eigenvalue weighted by molar-refractivity contribution is 5.76. The van der Waals surface area contributed by atoms with E-state index in [1.54, 1.807) is 0 Å². The van der Waals surface area contributed by atoms with Crippen LogP contribution in [0.15, 0.2) is 24.3 Å². The van der Waals surface area contributed by atoms with Gasteiger partial charge >= 0.3 is 5.97 Å². The van der Waals surface area contributed by atoms with Crippen LogP contribution < -0.4 is 5.32 Å². The number of aliphatic hydroxyl groups excluding tert-OH is 2. The molecule has 6 nitrogen and oxygen atoms in total. The largest absolute Gasteiger partial charge is 0.466 e. The molecule has 60 heavy (non-hydrogen) atoms. The molecule has 0 saturated heterocycles. The van der Waals surface area contributed by atoms with Gasteiger partial charge in [-0.25, -0.2) is 0 Å². The maximum Gasteiger partial charge on any atom is 0.305 e. The van der Waals surface area contributed by atoms with Crippen molar-refractivity contribution in [2.45, 2.75) is 296 Å². The molecular weight excluding hydrogens is 743 g/mol. The zero-order valence-electron chi connectivity index (χ0n) is 40.2. The van der Waals surface area contributed by atoms with Gasteiger partial charge in [0.2, 0.25) is 5.91 Å². The van der Waals surface area contributed by atoms with Gasteiger partial charge in [0.15, 0.2) is 0 Å². The number of allylic oxidation sites excluding steroid dienone is 4. The molecule has 0 bridgehead atoms. The van der Waals surface area contributed by atoms with Gasteiger partial charge < -0.3 is 20.3 Å². The summed E-state index contributed by atoms with van der Waals surface area (Å²) in [5.74, 6) is -0.115. The molecule has 0 radical (unpaired) electrons. The van der Waals surface area contributed by atoms with E-state index in [0.29, 0.717) is 25.9 Å². The smallest absolute Gasteiger partial charge is 0.305 e. The number of nitrogens with one attached hydrogen (secondary N) is 1. The molecule has 0 saturated carbocycles. The van der Waals surface area contributed by atoms with Crippen molar-refractivity contribution in [3.05, 3.63) is 24.3 Å². The van der Waals surface area contributed by atoms with E-state index in [1.807, 2.05) is 0 Å². The topological polar surface area (TPSA) is 95.9 Å². The minimum absolute atomic E-state index is 0.0452.